The van der Waals surface area contributed by atoms with E-state index in [4.69, 9.17) is 8.83 Å². The van der Waals surface area contributed by atoms with Crippen LogP contribution in [0.15, 0.2) is 79.1 Å². The molecule has 48 heavy (non-hydrogen) atoms. The van der Waals surface area contributed by atoms with Gasteiger partial charge in [0.15, 0.2) is 45.2 Å². The van der Waals surface area contributed by atoms with Crippen molar-refractivity contribution in [1.29, 1.82) is 0 Å². The Balaban J connectivity index is 1.69. The molecule has 2 heterocycles. The second kappa shape index (κ2) is 10.4. The maximum Gasteiger partial charge on any atom is 0.336 e. The number of phenols is 2. The molecule has 4 N–H and O–H groups in total. The summed E-state index contributed by atoms with van der Waals surface area (Å²) in [5, 5.41) is 39.8. The van der Waals surface area contributed by atoms with E-state index in [0.717, 1.165) is 48.5 Å². The van der Waals surface area contributed by atoms with Crippen molar-refractivity contribution in [3.8, 4) is 56.4 Å². The number of aromatic hydroxyl groups is 2. The zero-order chi connectivity index (χ0) is 34.3. The highest BCUT2D eigenvalue weighted by molar-refractivity contribution is 6.14. The van der Waals surface area contributed by atoms with E-state index < -0.39 is 102 Å². The lowest BCUT2D eigenvalue weighted by molar-refractivity contribution is 0.0682. The summed E-state index contributed by atoms with van der Waals surface area (Å²) in [6.07, 6.45) is 0. The number of halogens is 4. The predicted molar refractivity (Wildman–Crippen MR) is 160 cm³/mol. The molecule has 238 valence electrons. The van der Waals surface area contributed by atoms with Crippen molar-refractivity contribution < 1.29 is 56.4 Å². The van der Waals surface area contributed by atoms with E-state index in [1.807, 2.05) is 0 Å². The quantitative estimate of drug-likeness (QED) is 0.116. The average molecular weight is 658 g/mol. The summed E-state index contributed by atoms with van der Waals surface area (Å²) >= 11 is 0. The molecule has 10 nitrogen and oxygen atoms in total. The first-order valence-corrected chi connectivity index (χ1v) is 13.6. The first-order valence-electron chi connectivity index (χ1n) is 13.6. The molecule has 0 bridgehead atoms. The van der Waals surface area contributed by atoms with Gasteiger partial charge in [-0.15, -0.1) is 0 Å². The third-order valence-electron chi connectivity index (χ3n) is 7.86. The Labute approximate surface area is 262 Å². The van der Waals surface area contributed by atoms with Crippen molar-refractivity contribution in [2.75, 3.05) is 0 Å². The monoisotopic (exact) mass is 658 g/mol. The molecule has 0 aromatic heterocycles. The molecule has 0 unspecified atom stereocenters. The van der Waals surface area contributed by atoms with Gasteiger partial charge in [-0.25, -0.2) is 18.4 Å². The van der Waals surface area contributed by atoms with Crippen molar-refractivity contribution in [3.05, 3.63) is 116 Å². The normalized spacial score (nSPS) is 11.6. The number of carboxylic acids is 2. The first-order chi connectivity index (χ1) is 22.8. The molecular formula is C34H14F4O10. The average Bonchev–Trinajstić information content (AvgIpc) is 3.04. The second-order valence-electron chi connectivity index (χ2n) is 10.6. The van der Waals surface area contributed by atoms with Crippen LogP contribution in [-0.2, 0) is 0 Å². The summed E-state index contributed by atoms with van der Waals surface area (Å²) in [6.45, 7) is 0. The van der Waals surface area contributed by atoms with E-state index >= 15 is 8.78 Å². The van der Waals surface area contributed by atoms with Crippen LogP contribution in [0.4, 0.5) is 17.6 Å². The number of carboxylic acid groups (broad SMARTS) is 2. The van der Waals surface area contributed by atoms with Crippen LogP contribution >= 0.6 is 0 Å². The van der Waals surface area contributed by atoms with Gasteiger partial charge in [0.05, 0.1) is 11.1 Å². The molecule has 3 aromatic rings. The fourth-order valence-electron chi connectivity index (χ4n) is 5.80. The smallest absolute Gasteiger partial charge is 0.336 e. The van der Waals surface area contributed by atoms with Crippen LogP contribution < -0.4 is 10.9 Å². The number of phenolic OH excluding ortho intramolecular Hbond substituents is 2. The predicted octanol–water partition coefficient (Wildman–Crippen LogP) is 6.81. The molecule has 0 atom stereocenters. The van der Waals surface area contributed by atoms with Gasteiger partial charge in [0.1, 0.15) is 11.5 Å². The summed E-state index contributed by atoms with van der Waals surface area (Å²) in [6, 6.07) is 9.21. The fraction of sp³-hybridized carbons (Fsp3) is 0. The van der Waals surface area contributed by atoms with Gasteiger partial charge in [-0.05, 0) is 59.7 Å². The van der Waals surface area contributed by atoms with Gasteiger partial charge in [-0.1, -0.05) is 0 Å². The number of benzene rings is 5. The molecule has 3 aromatic carbocycles. The van der Waals surface area contributed by atoms with Gasteiger partial charge in [0, 0.05) is 45.2 Å². The maximum atomic E-state index is 15.2. The van der Waals surface area contributed by atoms with E-state index in [-0.39, 0.29) is 33.8 Å². The minimum Gasteiger partial charge on any atom is -0.503 e. The summed E-state index contributed by atoms with van der Waals surface area (Å²) in [4.78, 5) is 50.1. The van der Waals surface area contributed by atoms with Crippen molar-refractivity contribution in [2.24, 2.45) is 0 Å². The molecule has 0 amide bonds. The molecule has 0 spiro atoms. The standard InChI is InChI=1S/C34H14F4O10/c35-21-9-19-25(13-3-1-11(39)5-23(13)47-31(19)27(37)29(21)41)15-7-18(34(45)46)16(8-17(15)33(43)44)26-14-4-2-12(40)6-24(14)48-32-20(26)10-22(36)30(42)28(32)38/h1-10,41-42H,(H,43,44)(H,45,46). The SMILES string of the molecule is O=C(O)c1cc(-c2c3ccc(=O)cc-3oc3c(F)c(O)c(F)cc23)c(C(=O)O)cc1-c1c2ccc(=O)cc-2oc2c(F)c(O)c(F)cc12. The highest BCUT2D eigenvalue weighted by Gasteiger charge is 2.31. The Kier molecular flexibility index (Phi) is 6.51. The molecule has 2 aliphatic heterocycles. The number of aromatic carboxylic acids is 2. The van der Waals surface area contributed by atoms with E-state index in [1.54, 1.807) is 0 Å². The van der Waals surface area contributed by atoms with Crippen molar-refractivity contribution >= 4 is 33.9 Å². The summed E-state index contributed by atoms with van der Waals surface area (Å²) < 4.78 is 70.8. The Morgan fingerprint density at radius 2 is 0.917 bits per heavy atom. The molecule has 0 fully saturated rings. The van der Waals surface area contributed by atoms with Crippen LogP contribution in [0, 0.1) is 23.3 Å². The van der Waals surface area contributed by atoms with Crippen LogP contribution in [0.3, 0.4) is 0 Å². The van der Waals surface area contributed by atoms with E-state index in [0.29, 0.717) is 12.1 Å². The lowest BCUT2D eigenvalue weighted by atomic mass is 9.84. The number of fused-ring (bicyclic) bond motifs is 4. The zero-order valence-electron chi connectivity index (χ0n) is 23.5. The third-order valence-corrected chi connectivity index (χ3v) is 7.86. The second-order valence-corrected chi connectivity index (χ2v) is 10.6. The largest absolute Gasteiger partial charge is 0.503 e. The number of carbonyl (C=O) groups is 2. The van der Waals surface area contributed by atoms with Crippen LogP contribution in [0.5, 0.6) is 11.5 Å². The fourth-order valence-corrected chi connectivity index (χ4v) is 5.80. The molecule has 14 heteroatoms. The highest BCUT2D eigenvalue weighted by Crippen LogP contribution is 2.48. The minimum absolute atomic E-state index is 0.0739. The Morgan fingerprint density at radius 3 is 1.27 bits per heavy atom. The van der Waals surface area contributed by atoms with Gasteiger partial charge in [0.25, 0.3) is 0 Å². The molecular weight excluding hydrogens is 644 g/mol. The first kappa shape index (κ1) is 30.0. The van der Waals surface area contributed by atoms with Crippen LogP contribution in [-0.4, -0.2) is 32.4 Å². The summed E-state index contributed by atoms with van der Waals surface area (Å²) in [7, 11) is 0. The van der Waals surface area contributed by atoms with Gasteiger partial charge >= 0.3 is 11.9 Å². The third kappa shape index (κ3) is 4.34. The Hall–Kier alpha value is -6.70. The lowest BCUT2D eigenvalue weighted by Gasteiger charge is -2.21. The van der Waals surface area contributed by atoms with Crippen molar-refractivity contribution in [3.63, 3.8) is 0 Å². The number of rotatable bonds is 4. The van der Waals surface area contributed by atoms with E-state index in [1.165, 1.54) is 0 Å². The number of hydrogen-bond acceptors (Lipinski definition) is 8. The molecule has 0 saturated heterocycles. The molecule has 0 radical (unpaired) electrons. The Morgan fingerprint density at radius 1 is 0.542 bits per heavy atom. The molecule has 4 aliphatic rings. The van der Waals surface area contributed by atoms with Gasteiger partial charge < -0.3 is 29.3 Å². The lowest BCUT2D eigenvalue weighted by Crippen LogP contribution is -2.09. The van der Waals surface area contributed by atoms with Crippen molar-refractivity contribution in [1.82, 2.24) is 0 Å². The molecule has 0 saturated carbocycles. The topological polar surface area (TPSA) is 175 Å². The van der Waals surface area contributed by atoms with Gasteiger partial charge in [-0.2, -0.15) is 8.78 Å². The Bertz CT molecular complexity index is 2460. The molecule has 7 rings (SSSR count). The maximum absolute atomic E-state index is 15.2. The van der Waals surface area contributed by atoms with Crippen LogP contribution in [0.1, 0.15) is 20.7 Å². The van der Waals surface area contributed by atoms with Crippen LogP contribution in [0.25, 0.3) is 66.8 Å². The zero-order valence-corrected chi connectivity index (χ0v) is 23.5. The molecule has 2 aliphatic carbocycles. The summed E-state index contributed by atoms with van der Waals surface area (Å²) in [5.41, 5.74) is -5.83. The van der Waals surface area contributed by atoms with Gasteiger partial charge in [0.2, 0.25) is 11.6 Å². The van der Waals surface area contributed by atoms with Gasteiger partial charge in [-0.3, -0.25) is 9.59 Å². The van der Waals surface area contributed by atoms with Crippen LogP contribution in [0.2, 0.25) is 0 Å². The van der Waals surface area contributed by atoms with E-state index in [9.17, 15) is 48.4 Å². The highest BCUT2D eigenvalue weighted by atomic mass is 19.1. The van der Waals surface area contributed by atoms with Crippen molar-refractivity contribution in [2.45, 2.75) is 0 Å². The minimum atomic E-state index is -1.70. The number of hydrogen-bond donors (Lipinski definition) is 4. The summed E-state index contributed by atoms with van der Waals surface area (Å²) in [5.74, 6) is -13.0. The van der Waals surface area contributed by atoms with E-state index in [2.05, 4.69) is 0 Å².